The summed E-state index contributed by atoms with van der Waals surface area (Å²) < 4.78 is 2.28. The predicted octanol–water partition coefficient (Wildman–Crippen LogP) is 5.37. The van der Waals surface area contributed by atoms with Crippen molar-refractivity contribution in [1.29, 1.82) is 0 Å². The lowest BCUT2D eigenvalue weighted by Gasteiger charge is -2.13. The van der Waals surface area contributed by atoms with Crippen LogP contribution in [0.5, 0.6) is 0 Å². The Morgan fingerprint density at radius 2 is 2.10 bits per heavy atom. The summed E-state index contributed by atoms with van der Waals surface area (Å²) in [6, 6.07) is 12.2. The molecule has 4 rings (SSSR count). The first-order chi connectivity index (χ1) is 15.2. The molecule has 0 aliphatic carbocycles. The van der Waals surface area contributed by atoms with E-state index in [-0.39, 0.29) is 0 Å². The number of allylic oxidation sites excluding steroid dienone is 1. The number of hydrogen-bond acceptors (Lipinski definition) is 5. The highest BCUT2D eigenvalue weighted by atomic mass is 35.5. The zero-order chi connectivity index (χ0) is 21.5. The number of tetrazole rings is 1. The van der Waals surface area contributed by atoms with Gasteiger partial charge in [-0.1, -0.05) is 60.0 Å². The molecular formula is C23H25ClN6S. The van der Waals surface area contributed by atoms with Crippen LogP contribution in [-0.4, -0.2) is 30.2 Å². The lowest BCUT2D eigenvalue weighted by molar-refractivity contribution is 0.674. The predicted molar refractivity (Wildman–Crippen MR) is 125 cm³/mol. The van der Waals surface area contributed by atoms with E-state index in [2.05, 4.69) is 61.8 Å². The zero-order valence-electron chi connectivity index (χ0n) is 17.5. The molecule has 0 spiro atoms. The van der Waals surface area contributed by atoms with Crippen LogP contribution in [-0.2, 0) is 25.8 Å². The molecule has 160 valence electrons. The number of benzene rings is 1. The van der Waals surface area contributed by atoms with Gasteiger partial charge in [-0.2, -0.15) is 5.21 Å². The van der Waals surface area contributed by atoms with Crippen LogP contribution in [0.3, 0.4) is 0 Å². The molecule has 0 aliphatic heterocycles. The average molecular weight is 453 g/mol. The van der Waals surface area contributed by atoms with Crippen molar-refractivity contribution >= 4 is 29.0 Å². The summed E-state index contributed by atoms with van der Waals surface area (Å²) in [5, 5.41) is 17.4. The van der Waals surface area contributed by atoms with Crippen molar-refractivity contribution < 1.29 is 0 Å². The van der Waals surface area contributed by atoms with Gasteiger partial charge in [-0.3, -0.25) is 0 Å². The minimum Gasteiger partial charge on any atom is -0.324 e. The molecule has 0 atom stereocenters. The molecule has 0 bridgehead atoms. The summed E-state index contributed by atoms with van der Waals surface area (Å²) in [6.07, 6.45) is 8.84. The Kier molecular flexibility index (Phi) is 7.27. The molecule has 4 aromatic rings. The van der Waals surface area contributed by atoms with Crippen molar-refractivity contribution in [3.63, 3.8) is 0 Å². The highest BCUT2D eigenvalue weighted by Crippen LogP contribution is 2.23. The maximum atomic E-state index is 6.47. The van der Waals surface area contributed by atoms with Crippen molar-refractivity contribution in [2.45, 2.75) is 45.6 Å². The first kappa shape index (κ1) is 21.5. The van der Waals surface area contributed by atoms with Crippen LogP contribution in [0.25, 0.3) is 6.08 Å². The molecule has 0 unspecified atom stereocenters. The van der Waals surface area contributed by atoms with E-state index in [4.69, 9.17) is 16.6 Å². The summed E-state index contributed by atoms with van der Waals surface area (Å²) in [7, 11) is 0. The normalized spacial score (nSPS) is 11.9. The number of imidazole rings is 1. The van der Waals surface area contributed by atoms with E-state index in [1.54, 1.807) is 11.3 Å². The van der Waals surface area contributed by atoms with Gasteiger partial charge in [0, 0.05) is 29.2 Å². The van der Waals surface area contributed by atoms with E-state index in [1.165, 1.54) is 10.5 Å². The fourth-order valence-electron chi connectivity index (χ4n) is 3.53. The Labute approximate surface area is 191 Å². The van der Waals surface area contributed by atoms with Gasteiger partial charge in [0.2, 0.25) is 0 Å². The number of nitrogens with zero attached hydrogens (tertiary/aromatic N) is 5. The second-order valence-corrected chi connectivity index (χ2v) is 8.88. The fraction of sp³-hybridized carbons (Fsp3) is 0.304. The van der Waals surface area contributed by atoms with Gasteiger partial charge < -0.3 is 4.57 Å². The second-order valence-electron chi connectivity index (χ2n) is 7.44. The van der Waals surface area contributed by atoms with Crippen LogP contribution in [0.1, 0.15) is 47.5 Å². The molecule has 0 radical (unpaired) electrons. The van der Waals surface area contributed by atoms with Gasteiger partial charge >= 0.3 is 0 Å². The molecule has 31 heavy (non-hydrogen) atoms. The zero-order valence-corrected chi connectivity index (χ0v) is 19.0. The fourth-order valence-corrected chi connectivity index (χ4v) is 4.48. The van der Waals surface area contributed by atoms with Gasteiger partial charge in [-0.25, -0.2) is 4.98 Å². The number of unbranched alkanes of at least 4 members (excludes halogenated alkanes) is 1. The van der Waals surface area contributed by atoms with E-state index in [1.807, 2.05) is 24.4 Å². The van der Waals surface area contributed by atoms with Crippen molar-refractivity contribution in [2.24, 2.45) is 0 Å². The van der Waals surface area contributed by atoms with Crippen molar-refractivity contribution in [3.8, 4) is 0 Å². The third-order valence-electron chi connectivity index (χ3n) is 5.12. The van der Waals surface area contributed by atoms with Crippen LogP contribution >= 0.6 is 22.9 Å². The van der Waals surface area contributed by atoms with Gasteiger partial charge in [0.05, 0.1) is 18.4 Å². The summed E-state index contributed by atoms with van der Waals surface area (Å²) >= 11 is 8.23. The highest BCUT2D eigenvalue weighted by molar-refractivity contribution is 7.09. The maximum Gasteiger partial charge on any atom is 0.178 e. The van der Waals surface area contributed by atoms with Gasteiger partial charge in [0.15, 0.2) is 5.82 Å². The summed E-state index contributed by atoms with van der Waals surface area (Å²) in [4.78, 5) is 6.06. The van der Waals surface area contributed by atoms with Crippen LogP contribution in [0.2, 0.25) is 5.02 Å². The van der Waals surface area contributed by atoms with Gasteiger partial charge in [0.1, 0.15) is 5.82 Å². The van der Waals surface area contributed by atoms with Crippen LogP contribution in [0.15, 0.2) is 53.5 Å². The Bertz CT molecular complexity index is 1080. The number of hydrogen-bond donors (Lipinski definition) is 1. The van der Waals surface area contributed by atoms with E-state index in [0.717, 1.165) is 47.8 Å². The first-order valence-corrected chi connectivity index (χ1v) is 11.7. The Balaban J connectivity index is 1.69. The number of aryl methyl sites for hydroxylation is 1. The standard InChI is InChI=1S/C23H25ClN6S/c1-2-3-10-23-25-15-19(30(23)16-18-7-4-5-9-21(18)24)12-17(13-20-8-6-11-31-20)14-22-26-28-29-27-22/h4-9,11-12,15H,2-3,10,13-14,16H2,1H3,(H,26,27,28,29)/b17-12-. The monoisotopic (exact) mass is 452 g/mol. The van der Waals surface area contributed by atoms with Gasteiger partial charge in [-0.15, -0.1) is 21.5 Å². The van der Waals surface area contributed by atoms with Crippen LogP contribution < -0.4 is 0 Å². The van der Waals surface area contributed by atoms with E-state index >= 15 is 0 Å². The van der Waals surface area contributed by atoms with Crippen molar-refractivity contribution in [3.05, 3.63) is 86.4 Å². The van der Waals surface area contributed by atoms with Crippen molar-refractivity contribution in [2.75, 3.05) is 0 Å². The minimum atomic E-state index is 0.635. The van der Waals surface area contributed by atoms with Crippen molar-refractivity contribution in [1.82, 2.24) is 30.2 Å². The maximum absolute atomic E-state index is 6.47. The topological polar surface area (TPSA) is 72.3 Å². The minimum absolute atomic E-state index is 0.635. The Hall–Kier alpha value is -2.77. The molecule has 1 N–H and O–H groups in total. The van der Waals surface area contributed by atoms with Crippen LogP contribution in [0, 0.1) is 0 Å². The Morgan fingerprint density at radius 3 is 2.84 bits per heavy atom. The second kappa shape index (κ2) is 10.5. The molecule has 0 saturated heterocycles. The first-order valence-electron chi connectivity index (χ1n) is 10.4. The number of H-pyrrole nitrogens is 1. The number of halogens is 1. The smallest absolute Gasteiger partial charge is 0.178 e. The summed E-state index contributed by atoms with van der Waals surface area (Å²) in [5.41, 5.74) is 3.37. The number of aromatic nitrogens is 6. The van der Waals surface area contributed by atoms with E-state index in [0.29, 0.717) is 18.8 Å². The van der Waals surface area contributed by atoms with E-state index in [9.17, 15) is 0 Å². The SMILES string of the molecule is CCCCc1ncc(/C=C(\Cc2nn[nH]n2)Cc2cccs2)n1Cc1ccccc1Cl. The van der Waals surface area contributed by atoms with Crippen LogP contribution in [0.4, 0.5) is 0 Å². The van der Waals surface area contributed by atoms with Gasteiger partial charge in [-0.05, 0) is 35.6 Å². The Morgan fingerprint density at radius 1 is 1.19 bits per heavy atom. The molecule has 0 fully saturated rings. The van der Waals surface area contributed by atoms with Gasteiger partial charge in [0.25, 0.3) is 0 Å². The summed E-state index contributed by atoms with van der Waals surface area (Å²) in [5.74, 6) is 1.77. The lowest BCUT2D eigenvalue weighted by Crippen LogP contribution is -2.08. The number of rotatable bonds is 10. The molecule has 1 aromatic carbocycles. The third kappa shape index (κ3) is 5.68. The largest absolute Gasteiger partial charge is 0.324 e. The average Bonchev–Trinajstić information content (AvgIpc) is 3.53. The molecule has 3 heterocycles. The molecular weight excluding hydrogens is 428 g/mol. The lowest BCUT2D eigenvalue weighted by atomic mass is 10.1. The molecule has 0 saturated carbocycles. The number of nitrogens with one attached hydrogen (secondary N) is 1. The quantitative estimate of drug-likeness (QED) is 0.351. The summed E-state index contributed by atoms with van der Waals surface area (Å²) in [6.45, 7) is 2.89. The molecule has 3 aromatic heterocycles. The highest BCUT2D eigenvalue weighted by Gasteiger charge is 2.13. The molecule has 8 heteroatoms. The molecule has 6 nitrogen and oxygen atoms in total. The number of aromatic amines is 1. The van der Waals surface area contributed by atoms with E-state index < -0.39 is 0 Å². The molecule has 0 aliphatic rings. The number of thiophene rings is 1. The third-order valence-corrected chi connectivity index (χ3v) is 6.36. The molecule has 0 amide bonds.